The van der Waals surface area contributed by atoms with E-state index in [0.29, 0.717) is 24.5 Å². The number of amides is 3. The number of likely N-dealkylation sites (N-methyl/N-ethyl adjacent to an activating group) is 1. The molecule has 10 heteroatoms. The highest BCUT2D eigenvalue weighted by Crippen LogP contribution is 2.20. The standard InChI is InChI=1S/C30H40N4O6/c1-4-20(2)27-30(39)34(3)25(19-35)29(38)33-24(18-21-11-13-23(36)14-12-21)28(37)32-15-7-9-22-8-5-6-10-26(22)40-17-16-31-27/h5-14,20,24-25,27,31,35-36H,4,15-19H2,1-3H3,(H,32,37)(H,33,38)/t20?,24-,25+,27+/m1/s1. The smallest absolute Gasteiger partial charge is 0.245 e. The first kappa shape index (κ1) is 30.6. The summed E-state index contributed by atoms with van der Waals surface area (Å²) in [5.74, 6) is -0.704. The van der Waals surface area contributed by atoms with Crippen LogP contribution in [-0.2, 0) is 20.8 Å². The molecule has 2 aromatic carbocycles. The monoisotopic (exact) mass is 552 g/mol. The number of phenols is 1. The van der Waals surface area contributed by atoms with Crippen LogP contribution < -0.4 is 20.7 Å². The SMILES string of the molecule is CCC(C)[C@@H]1NCCOc2ccccc2C=CCNC(=O)[C@@H](Cc2ccc(O)cc2)NC(=O)[C@H](CO)N(C)C1=O. The zero-order chi connectivity index (χ0) is 29.1. The van der Waals surface area contributed by atoms with Crippen molar-refractivity contribution in [3.63, 3.8) is 0 Å². The van der Waals surface area contributed by atoms with Crippen LogP contribution in [0.5, 0.6) is 11.5 Å². The number of carbonyl (C=O) groups is 3. The summed E-state index contributed by atoms with van der Waals surface area (Å²) in [6.45, 7) is 4.23. The van der Waals surface area contributed by atoms with Crippen molar-refractivity contribution < 1.29 is 29.3 Å². The van der Waals surface area contributed by atoms with Gasteiger partial charge in [0.05, 0.1) is 12.6 Å². The van der Waals surface area contributed by atoms with Gasteiger partial charge in [0.1, 0.15) is 30.2 Å². The van der Waals surface area contributed by atoms with Crippen LogP contribution in [0.1, 0.15) is 31.4 Å². The maximum absolute atomic E-state index is 13.5. The summed E-state index contributed by atoms with van der Waals surface area (Å²) >= 11 is 0. The third-order valence-electron chi connectivity index (χ3n) is 7.11. The lowest BCUT2D eigenvalue weighted by Crippen LogP contribution is -2.59. The number of benzene rings is 2. The summed E-state index contributed by atoms with van der Waals surface area (Å²) in [6.07, 6.45) is 4.51. The van der Waals surface area contributed by atoms with E-state index in [1.165, 1.54) is 24.1 Å². The number of ether oxygens (including phenoxy) is 1. The quantitative estimate of drug-likeness (QED) is 0.378. The molecule has 0 radical (unpaired) electrons. The maximum Gasteiger partial charge on any atom is 0.245 e. The fourth-order valence-electron chi connectivity index (χ4n) is 4.46. The molecule has 2 aromatic rings. The van der Waals surface area contributed by atoms with Crippen LogP contribution in [0.2, 0.25) is 0 Å². The van der Waals surface area contributed by atoms with Crippen LogP contribution in [0.4, 0.5) is 0 Å². The highest BCUT2D eigenvalue weighted by atomic mass is 16.5. The molecule has 3 amide bonds. The molecule has 1 aliphatic heterocycles. The number of rotatable bonds is 5. The first-order valence-corrected chi connectivity index (χ1v) is 13.6. The second-order valence-electron chi connectivity index (χ2n) is 9.93. The van der Waals surface area contributed by atoms with E-state index in [9.17, 15) is 24.6 Å². The molecule has 4 atom stereocenters. The molecular formula is C30H40N4O6. The fourth-order valence-corrected chi connectivity index (χ4v) is 4.46. The Hall–Kier alpha value is -3.89. The highest BCUT2D eigenvalue weighted by molar-refractivity contribution is 5.93. The Kier molecular flexibility index (Phi) is 11.5. The number of aromatic hydroxyl groups is 1. The molecule has 1 heterocycles. The molecule has 216 valence electrons. The lowest BCUT2D eigenvalue weighted by Gasteiger charge is -2.33. The Labute approximate surface area is 235 Å². The molecule has 0 aliphatic carbocycles. The fraction of sp³-hybridized carbons (Fsp3) is 0.433. The number of carbonyl (C=O) groups excluding carboxylic acids is 3. The molecular weight excluding hydrogens is 512 g/mol. The number of nitrogens with zero attached hydrogens (tertiary/aromatic N) is 1. The summed E-state index contributed by atoms with van der Waals surface area (Å²) < 4.78 is 5.98. The molecule has 0 aromatic heterocycles. The van der Waals surface area contributed by atoms with Gasteiger partial charge >= 0.3 is 0 Å². The van der Waals surface area contributed by atoms with Gasteiger partial charge in [0, 0.05) is 32.1 Å². The van der Waals surface area contributed by atoms with Gasteiger partial charge in [-0.1, -0.05) is 62.8 Å². The Morgan fingerprint density at radius 1 is 1.07 bits per heavy atom. The van der Waals surface area contributed by atoms with Crippen LogP contribution in [-0.4, -0.2) is 84.3 Å². The number of aliphatic hydroxyl groups is 1. The molecule has 40 heavy (non-hydrogen) atoms. The van der Waals surface area contributed by atoms with Crippen LogP contribution >= 0.6 is 0 Å². The van der Waals surface area contributed by atoms with E-state index in [-0.39, 0.29) is 30.5 Å². The summed E-state index contributed by atoms with van der Waals surface area (Å²) in [5, 5.41) is 28.6. The molecule has 1 unspecified atom stereocenters. The summed E-state index contributed by atoms with van der Waals surface area (Å²) in [4.78, 5) is 41.3. The number of phenolic OH excluding ortho intramolecular Hbond substituents is 1. The molecule has 10 nitrogen and oxygen atoms in total. The summed E-state index contributed by atoms with van der Waals surface area (Å²) in [7, 11) is 1.48. The first-order chi connectivity index (χ1) is 19.2. The van der Waals surface area contributed by atoms with Crippen molar-refractivity contribution in [1.82, 2.24) is 20.9 Å². The Bertz CT molecular complexity index is 1170. The van der Waals surface area contributed by atoms with Gasteiger partial charge in [0.25, 0.3) is 0 Å². The Balaban J connectivity index is 1.92. The number of nitrogens with one attached hydrogen (secondary N) is 3. The van der Waals surface area contributed by atoms with E-state index >= 15 is 0 Å². The molecule has 0 bridgehead atoms. The van der Waals surface area contributed by atoms with Gasteiger partial charge in [-0.3, -0.25) is 14.4 Å². The minimum atomic E-state index is -1.20. The zero-order valence-corrected chi connectivity index (χ0v) is 23.3. The molecule has 1 aliphatic rings. The highest BCUT2D eigenvalue weighted by Gasteiger charge is 2.34. The first-order valence-electron chi connectivity index (χ1n) is 13.6. The third kappa shape index (κ3) is 8.30. The normalized spacial score (nSPS) is 22.2. The number of hydrogen-bond donors (Lipinski definition) is 5. The van der Waals surface area contributed by atoms with E-state index < -0.39 is 36.5 Å². The van der Waals surface area contributed by atoms with Crippen molar-refractivity contribution in [3.05, 3.63) is 65.7 Å². The average molecular weight is 553 g/mol. The Morgan fingerprint density at radius 2 is 1.80 bits per heavy atom. The van der Waals surface area contributed by atoms with E-state index in [4.69, 9.17) is 4.74 Å². The Morgan fingerprint density at radius 3 is 2.50 bits per heavy atom. The molecule has 5 N–H and O–H groups in total. The largest absolute Gasteiger partial charge is 0.508 e. The van der Waals surface area contributed by atoms with Gasteiger partial charge in [-0.15, -0.1) is 0 Å². The average Bonchev–Trinajstić information content (AvgIpc) is 2.95. The van der Waals surface area contributed by atoms with Crippen molar-refractivity contribution >= 4 is 23.8 Å². The summed E-state index contributed by atoms with van der Waals surface area (Å²) in [6, 6.07) is 11.1. The van der Waals surface area contributed by atoms with Crippen LogP contribution in [0.3, 0.4) is 0 Å². The molecule has 0 saturated heterocycles. The van der Waals surface area contributed by atoms with Crippen molar-refractivity contribution in [3.8, 4) is 11.5 Å². The van der Waals surface area contributed by atoms with Crippen molar-refractivity contribution in [2.75, 3.05) is 33.4 Å². The van der Waals surface area contributed by atoms with Gasteiger partial charge in [0.2, 0.25) is 17.7 Å². The van der Waals surface area contributed by atoms with Crippen LogP contribution in [0.15, 0.2) is 54.6 Å². The van der Waals surface area contributed by atoms with E-state index in [1.54, 1.807) is 18.2 Å². The van der Waals surface area contributed by atoms with Crippen molar-refractivity contribution in [1.29, 1.82) is 0 Å². The number of aliphatic hydroxyl groups excluding tert-OH is 1. The van der Waals surface area contributed by atoms with E-state index in [0.717, 1.165) is 12.0 Å². The lowest BCUT2D eigenvalue weighted by atomic mass is 9.97. The second kappa shape index (κ2) is 15.0. The molecule has 0 saturated carbocycles. The van der Waals surface area contributed by atoms with Gasteiger partial charge in [0.15, 0.2) is 0 Å². The van der Waals surface area contributed by atoms with Gasteiger partial charge < -0.3 is 35.8 Å². The maximum atomic E-state index is 13.5. The molecule has 3 rings (SSSR count). The predicted octanol–water partition coefficient (Wildman–Crippen LogP) is 1.47. The van der Waals surface area contributed by atoms with Crippen LogP contribution in [0, 0.1) is 5.92 Å². The minimum Gasteiger partial charge on any atom is -0.508 e. The predicted molar refractivity (Wildman–Crippen MR) is 153 cm³/mol. The lowest BCUT2D eigenvalue weighted by molar-refractivity contribution is -0.143. The number of hydrogen-bond acceptors (Lipinski definition) is 7. The van der Waals surface area contributed by atoms with Crippen LogP contribution in [0.25, 0.3) is 6.08 Å². The van der Waals surface area contributed by atoms with Crippen molar-refractivity contribution in [2.45, 2.75) is 44.8 Å². The molecule has 0 spiro atoms. The van der Waals surface area contributed by atoms with Gasteiger partial charge in [-0.2, -0.15) is 0 Å². The van der Waals surface area contributed by atoms with Gasteiger partial charge in [-0.25, -0.2) is 0 Å². The topological polar surface area (TPSA) is 140 Å². The summed E-state index contributed by atoms with van der Waals surface area (Å²) in [5.41, 5.74) is 1.56. The third-order valence-corrected chi connectivity index (χ3v) is 7.11. The van der Waals surface area contributed by atoms with Crippen molar-refractivity contribution in [2.24, 2.45) is 5.92 Å². The minimum absolute atomic E-state index is 0.0498. The second-order valence-corrected chi connectivity index (χ2v) is 9.93. The van der Waals surface area contributed by atoms with E-state index in [1.807, 2.05) is 44.2 Å². The number of fused-ring (bicyclic) bond motifs is 1. The van der Waals surface area contributed by atoms with E-state index in [2.05, 4.69) is 16.0 Å². The zero-order valence-electron chi connectivity index (χ0n) is 23.3. The molecule has 0 fully saturated rings. The van der Waals surface area contributed by atoms with Gasteiger partial charge in [-0.05, 0) is 29.7 Å². The number of para-hydroxylation sites is 1.